The Morgan fingerprint density at radius 3 is 2.31 bits per heavy atom. The van der Waals surface area contributed by atoms with Gasteiger partial charge in [-0.1, -0.05) is 0 Å². The molecule has 5 heteroatoms. The first kappa shape index (κ1) is 12.2. The van der Waals surface area contributed by atoms with Gasteiger partial charge in [-0.15, -0.1) is 0 Å². The van der Waals surface area contributed by atoms with Crippen molar-refractivity contribution in [2.45, 2.75) is 19.8 Å². The van der Waals surface area contributed by atoms with Gasteiger partial charge in [0, 0.05) is 0 Å². The smallest absolute Gasteiger partial charge is 0.336 e. The maximum Gasteiger partial charge on any atom is 0.336 e. The lowest BCUT2D eigenvalue weighted by Crippen LogP contribution is -2.11. The van der Waals surface area contributed by atoms with E-state index in [0.29, 0.717) is 0 Å². The van der Waals surface area contributed by atoms with Crippen molar-refractivity contribution in [1.82, 2.24) is 0 Å². The molecule has 0 aliphatic carbocycles. The molecule has 1 aromatic rings. The quantitative estimate of drug-likeness (QED) is 0.826. The summed E-state index contributed by atoms with van der Waals surface area (Å²) < 4.78 is 13.4. The Hall–Kier alpha value is -1.91. The van der Waals surface area contributed by atoms with E-state index >= 15 is 0 Å². The first-order valence-electron chi connectivity index (χ1n) is 4.60. The first-order chi connectivity index (χ1) is 7.34. The fourth-order valence-corrected chi connectivity index (χ4v) is 1.31. The van der Waals surface area contributed by atoms with Gasteiger partial charge in [0.2, 0.25) is 0 Å². The van der Waals surface area contributed by atoms with Gasteiger partial charge < -0.3 is 10.2 Å². The van der Waals surface area contributed by atoms with Crippen molar-refractivity contribution in [3.8, 4) is 0 Å². The largest absolute Gasteiger partial charge is 0.481 e. The first-order valence-corrected chi connectivity index (χ1v) is 4.60. The van der Waals surface area contributed by atoms with Gasteiger partial charge in [0.15, 0.2) is 0 Å². The van der Waals surface area contributed by atoms with Crippen molar-refractivity contribution in [1.29, 1.82) is 0 Å². The van der Waals surface area contributed by atoms with Crippen LogP contribution < -0.4 is 0 Å². The molecule has 0 saturated heterocycles. The van der Waals surface area contributed by atoms with Crippen LogP contribution in [0.1, 0.15) is 34.3 Å². The standard InChI is InChI=1S/C11H11FO4/c1-5(10(13)14)7-3-8(11(15)16)6(2)9(12)4-7/h3-5H,1-2H3,(H,13,14)(H,15,16). The SMILES string of the molecule is Cc1c(F)cc(C(C)C(=O)O)cc1C(=O)O. The summed E-state index contributed by atoms with van der Waals surface area (Å²) in [5.41, 5.74) is -0.0510. The summed E-state index contributed by atoms with van der Waals surface area (Å²) in [5, 5.41) is 17.6. The zero-order valence-corrected chi connectivity index (χ0v) is 8.82. The molecule has 0 aliphatic heterocycles. The molecule has 0 aliphatic rings. The Morgan fingerprint density at radius 1 is 1.31 bits per heavy atom. The summed E-state index contributed by atoms with van der Waals surface area (Å²) in [5.74, 6) is -4.04. The molecular weight excluding hydrogens is 215 g/mol. The van der Waals surface area contributed by atoms with Crippen molar-refractivity contribution < 1.29 is 24.2 Å². The maximum atomic E-state index is 13.4. The van der Waals surface area contributed by atoms with Gasteiger partial charge in [0.05, 0.1) is 11.5 Å². The lowest BCUT2D eigenvalue weighted by atomic mass is 9.96. The predicted molar refractivity (Wildman–Crippen MR) is 54.1 cm³/mol. The highest BCUT2D eigenvalue weighted by Gasteiger charge is 2.19. The highest BCUT2D eigenvalue weighted by molar-refractivity contribution is 5.90. The molecule has 1 unspecified atom stereocenters. The molecule has 0 amide bonds. The number of carboxylic acid groups (broad SMARTS) is 2. The molecule has 0 radical (unpaired) electrons. The van der Waals surface area contributed by atoms with Crippen LogP contribution in [0.15, 0.2) is 12.1 Å². The van der Waals surface area contributed by atoms with Crippen molar-refractivity contribution in [2.24, 2.45) is 0 Å². The molecule has 0 saturated carbocycles. The third-order valence-corrected chi connectivity index (χ3v) is 2.47. The van der Waals surface area contributed by atoms with Gasteiger partial charge in [0.1, 0.15) is 5.82 Å². The molecule has 1 atom stereocenters. The minimum absolute atomic E-state index is 0.00818. The van der Waals surface area contributed by atoms with Gasteiger partial charge in [0.25, 0.3) is 0 Å². The van der Waals surface area contributed by atoms with E-state index < -0.39 is 23.7 Å². The minimum atomic E-state index is -1.27. The van der Waals surface area contributed by atoms with E-state index in [9.17, 15) is 14.0 Å². The molecule has 0 spiro atoms. The topological polar surface area (TPSA) is 74.6 Å². The number of benzene rings is 1. The number of halogens is 1. The lowest BCUT2D eigenvalue weighted by molar-refractivity contribution is -0.138. The minimum Gasteiger partial charge on any atom is -0.481 e. The van der Waals surface area contributed by atoms with Crippen LogP contribution in [0.25, 0.3) is 0 Å². The average Bonchev–Trinajstić information content (AvgIpc) is 2.20. The van der Waals surface area contributed by atoms with Gasteiger partial charge >= 0.3 is 11.9 Å². The van der Waals surface area contributed by atoms with E-state index in [-0.39, 0.29) is 16.7 Å². The Morgan fingerprint density at radius 2 is 1.88 bits per heavy atom. The molecule has 1 aromatic carbocycles. The van der Waals surface area contributed by atoms with Gasteiger partial charge in [-0.25, -0.2) is 9.18 Å². The molecule has 1 rings (SSSR count). The van der Waals surface area contributed by atoms with E-state index in [1.807, 2.05) is 0 Å². The third kappa shape index (κ3) is 2.18. The second-order valence-corrected chi connectivity index (χ2v) is 3.54. The molecular formula is C11H11FO4. The molecule has 86 valence electrons. The number of hydrogen-bond acceptors (Lipinski definition) is 2. The van der Waals surface area contributed by atoms with Crippen LogP contribution >= 0.6 is 0 Å². The van der Waals surface area contributed by atoms with Crippen LogP contribution in [-0.2, 0) is 4.79 Å². The van der Waals surface area contributed by atoms with Crippen molar-refractivity contribution in [2.75, 3.05) is 0 Å². The Labute approximate surface area is 91.3 Å². The molecule has 0 fully saturated rings. The van der Waals surface area contributed by atoms with Crippen LogP contribution in [0.3, 0.4) is 0 Å². The number of hydrogen-bond donors (Lipinski definition) is 2. The van der Waals surface area contributed by atoms with E-state index in [1.165, 1.54) is 19.9 Å². The highest BCUT2D eigenvalue weighted by Crippen LogP contribution is 2.22. The monoisotopic (exact) mass is 226 g/mol. The van der Waals surface area contributed by atoms with E-state index in [4.69, 9.17) is 10.2 Å². The third-order valence-electron chi connectivity index (χ3n) is 2.47. The molecule has 2 N–H and O–H groups in total. The van der Waals surface area contributed by atoms with E-state index in [2.05, 4.69) is 0 Å². The Bertz CT molecular complexity index is 454. The second kappa shape index (κ2) is 4.30. The van der Waals surface area contributed by atoms with Crippen LogP contribution in [0.2, 0.25) is 0 Å². The number of aliphatic carboxylic acids is 1. The van der Waals surface area contributed by atoms with Crippen molar-refractivity contribution >= 4 is 11.9 Å². The summed E-state index contributed by atoms with van der Waals surface area (Å²) in [6.45, 7) is 2.71. The van der Waals surface area contributed by atoms with Gasteiger partial charge in [-0.3, -0.25) is 4.79 Å². The number of aromatic carboxylic acids is 1. The van der Waals surface area contributed by atoms with Crippen molar-refractivity contribution in [3.05, 3.63) is 34.6 Å². The highest BCUT2D eigenvalue weighted by atomic mass is 19.1. The fourth-order valence-electron chi connectivity index (χ4n) is 1.31. The zero-order valence-electron chi connectivity index (χ0n) is 8.82. The summed E-state index contributed by atoms with van der Waals surface area (Å²) in [4.78, 5) is 21.5. The Balaban J connectivity index is 3.34. The predicted octanol–water partition coefficient (Wildman–Crippen LogP) is 2.02. The van der Waals surface area contributed by atoms with Gasteiger partial charge in [-0.05, 0) is 37.1 Å². The number of carbonyl (C=O) groups is 2. The van der Waals surface area contributed by atoms with Gasteiger partial charge in [-0.2, -0.15) is 0 Å². The van der Waals surface area contributed by atoms with E-state index in [0.717, 1.165) is 6.07 Å². The lowest BCUT2D eigenvalue weighted by Gasteiger charge is -2.10. The van der Waals surface area contributed by atoms with Crippen LogP contribution in [0, 0.1) is 12.7 Å². The second-order valence-electron chi connectivity index (χ2n) is 3.54. The summed E-state index contributed by atoms with van der Waals surface area (Å²) >= 11 is 0. The molecule has 0 aromatic heterocycles. The molecule has 16 heavy (non-hydrogen) atoms. The molecule has 4 nitrogen and oxygen atoms in total. The molecule has 0 bridgehead atoms. The number of carboxylic acids is 2. The molecule has 0 heterocycles. The van der Waals surface area contributed by atoms with Crippen LogP contribution in [0.4, 0.5) is 4.39 Å². The maximum absolute atomic E-state index is 13.4. The summed E-state index contributed by atoms with van der Waals surface area (Å²) in [6.07, 6.45) is 0. The summed E-state index contributed by atoms with van der Waals surface area (Å²) in [7, 11) is 0. The zero-order chi connectivity index (χ0) is 12.5. The van der Waals surface area contributed by atoms with E-state index in [1.54, 1.807) is 0 Å². The average molecular weight is 226 g/mol. The number of rotatable bonds is 3. The normalized spacial score (nSPS) is 12.2. The Kier molecular flexibility index (Phi) is 3.27. The fraction of sp³-hybridized carbons (Fsp3) is 0.273. The van der Waals surface area contributed by atoms with Crippen molar-refractivity contribution in [3.63, 3.8) is 0 Å². The van der Waals surface area contributed by atoms with Crippen LogP contribution in [-0.4, -0.2) is 22.2 Å². The summed E-state index contributed by atoms with van der Waals surface area (Å²) in [6, 6.07) is 2.25. The van der Waals surface area contributed by atoms with Crippen LogP contribution in [0.5, 0.6) is 0 Å².